The number of nitrogens with one attached hydrogen (secondary N) is 1. The molecule has 13 heteroatoms. The molecule has 49 heavy (non-hydrogen) atoms. The van der Waals surface area contributed by atoms with Crippen LogP contribution in [0.3, 0.4) is 0 Å². The number of amides is 1. The number of hydrogen-bond acceptors (Lipinski definition) is 9. The summed E-state index contributed by atoms with van der Waals surface area (Å²) in [4.78, 5) is 36.3. The highest BCUT2D eigenvalue weighted by molar-refractivity contribution is 7.92. The van der Waals surface area contributed by atoms with Crippen LogP contribution in [0.5, 0.6) is 5.88 Å². The molecule has 2 aromatic carbocycles. The number of rotatable bonds is 8. The van der Waals surface area contributed by atoms with Gasteiger partial charge in [0.25, 0.3) is 15.9 Å². The number of alkyl halides is 1. The van der Waals surface area contributed by atoms with Crippen LogP contribution in [-0.2, 0) is 16.6 Å². The second kappa shape index (κ2) is 13.3. The van der Waals surface area contributed by atoms with E-state index in [1.807, 2.05) is 44.0 Å². The Labute approximate surface area is 286 Å². The van der Waals surface area contributed by atoms with Crippen molar-refractivity contribution in [2.45, 2.75) is 82.1 Å². The molecule has 0 saturated heterocycles. The molecule has 2 fully saturated rings. The van der Waals surface area contributed by atoms with E-state index in [-0.39, 0.29) is 47.4 Å². The minimum atomic E-state index is -4.18. The van der Waals surface area contributed by atoms with Crippen LogP contribution in [0.1, 0.15) is 65.7 Å². The van der Waals surface area contributed by atoms with E-state index < -0.39 is 22.2 Å². The number of fused-ring (bicyclic) bond motifs is 4. The average Bonchev–Trinajstić information content (AvgIpc) is 3.90. The van der Waals surface area contributed by atoms with Gasteiger partial charge in [-0.3, -0.25) is 9.78 Å². The summed E-state index contributed by atoms with van der Waals surface area (Å²) >= 11 is 0. The Morgan fingerprint density at radius 3 is 2.49 bits per heavy atom. The van der Waals surface area contributed by atoms with E-state index in [9.17, 15) is 17.6 Å². The van der Waals surface area contributed by atoms with Crippen molar-refractivity contribution in [3.05, 3.63) is 83.3 Å². The Bertz CT molecular complexity index is 1960. The van der Waals surface area contributed by atoms with Crippen LogP contribution < -0.4 is 14.4 Å². The second-order valence-electron chi connectivity index (χ2n) is 13.4. The molecule has 1 atom stereocenters. The van der Waals surface area contributed by atoms with Gasteiger partial charge in [0.05, 0.1) is 41.3 Å². The molecule has 4 bridgehead atoms. The average molecular weight is 686 g/mol. The van der Waals surface area contributed by atoms with E-state index in [1.54, 1.807) is 35.5 Å². The summed E-state index contributed by atoms with van der Waals surface area (Å²) in [6.45, 7) is 4.17. The molecule has 3 heterocycles. The van der Waals surface area contributed by atoms with Crippen LogP contribution >= 0.6 is 0 Å². The first-order valence-electron chi connectivity index (χ1n) is 16.7. The zero-order valence-corrected chi connectivity index (χ0v) is 28.7. The van der Waals surface area contributed by atoms with Gasteiger partial charge in [-0.2, -0.15) is 4.98 Å². The van der Waals surface area contributed by atoms with E-state index in [0.717, 1.165) is 36.0 Å². The van der Waals surface area contributed by atoms with E-state index in [0.29, 0.717) is 42.4 Å². The van der Waals surface area contributed by atoms with Crippen molar-refractivity contribution in [1.82, 2.24) is 24.8 Å². The highest BCUT2D eigenvalue weighted by Crippen LogP contribution is 2.36. The van der Waals surface area contributed by atoms with Gasteiger partial charge in [0.1, 0.15) is 18.6 Å². The molecule has 256 valence electrons. The normalized spacial score (nSPS) is 21.7. The number of aryl methyl sites for hydroxylation is 2. The fourth-order valence-corrected chi connectivity index (χ4v) is 7.57. The Morgan fingerprint density at radius 1 is 1.00 bits per heavy atom. The van der Waals surface area contributed by atoms with Crippen molar-refractivity contribution in [1.29, 1.82) is 0 Å². The van der Waals surface area contributed by atoms with Crippen molar-refractivity contribution in [2.75, 3.05) is 23.3 Å². The molecule has 2 saturated carbocycles. The van der Waals surface area contributed by atoms with Gasteiger partial charge >= 0.3 is 0 Å². The summed E-state index contributed by atoms with van der Waals surface area (Å²) in [5.41, 5.74) is 4.09. The van der Waals surface area contributed by atoms with Crippen LogP contribution in [0.25, 0.3) is 11.3 Å². The molecule has 1 N–H and O–H groups in total. The van der Waals surface area contributed by atoms with Crippen LogP contribution in [0.15, 0.2) is 65.8 Å². The zero-order valence-electron chi connectivity index (χ0n) is 27.8. The van der Waals surface area contributed by atoms with Crippen molar-refractivity contribution < 1.29 is 22.3 Å². The smallest absolute Gasteiger partial charge is 0.264 e. The third-order valence-electron chi connectivity index (χ3n) is 9.76. The number of benzene rings is 2. The lowest BCUT2D eigenvalue weighted by Crippen LogP contribution is -2.45. The van der Waals surface area contributed by atoms with E-state index >= 15 is 0 Å². The quantitative estimate of drug-likeness (QED) is 0.242. The lowest BCUT2D eigenvalue weighted by atomic mass is 9.90. The number of halogens is 1. The minimum absolute atomic E-state index is 0.0378. The molecule has 1 amide bonds. The predicted octanol–water partition coefficient (Wildman–Crippen LogP) is 5.88. The predicted molar refractivity (Wildman–Crippen MR) is 184 cm³/mol. The molecule has 4 aromatic rings. The third kappa shape index (κ3) is 7.22. The summed E-state index contributed by atoms with van der Waals surface area (Å²) in [6, 6.07) is 13.2. The lowest BCUT2D eigenvalue weighted by Gasteiger charge is -2.38. The van der Waals surface area contributed by atoms with E-state index in [1.165, 1.54) is 12.1 Å². The number of aromatic nitrogens is 4. The summed E-state index contributed by atoms with van der Waals surface area (Å²) < 4.78 is 49.9. The van der Waals surface area contributed by atoms with Crippen LogP contribution in [0.2, 0.25) is 0 Å². The van der Waals surface area contributed by atoms with Crippen LogP contribution in [0.4, 0.5) is 16.2 Å². The molecule has 0 unspecified atom stereocenters. The molecule has 3 aliphatic rings. The number of ether oxygens (including phenoxy) is 1. The molecule has 2 aromatic heterocycles. The maximum Gasteiger partial charge on any atom is 0.264 e. The molecule has 7 rings (SSSR count). The lowest BCUT2D eigenvalue weighted by molar-refractivity contribution is 0.0564. The number of anilines is 2. The monoisotopic (exact) mass is 685 g/mol. The standard InChI is InChI=1S/C36H40FN7O4S/c1-22-6-4-7-23(2)34(22)31-17-33-41-36(40-31)42-49(46,47)30-9-5-8-25(14-30)35(45)44(28(21-48-33)13-12-24-10-11-24)20-27-18-38-19-32(39-27)43(3)29-15-26(37)16-29/h4-9,14,17-19,24,26,28-29H,10-13,15-16,20-21H2,1-3H3,(H,40,41,42)/t26?,28-,29?/m1/s1. The van der Waals surface area contributed by atoms with Crippen molar-refractivity contribution >= 4 is 27.7 Å². The Morgan fingerprint density at radius 2 is 1.76 bits per heavy atom. The first-order chi connectivity index (χ1) is 23.5. The van der Waals surface area contributed by atoms with Crippen molar-refractivity contribution in [3.63, 3.8) is 0 Å². The molecular formula is C36H40FN7O4S. The highest BCUT2D eigenvalue weighted by Gasteiger charge is 2.34. The number of nitrogens with zero attached hydrogens (tertiary/aromatic N) is 6. The molecule has 2 aliphatic carbocycles. The van der Waals surface area contributed by atoms with Gasteiger partial charge in [-0.25, -0.2) is 27.5 Å². The summed E-state index contributed by atoms with van der Waals surface area (Å²) in [6.07, 6.45) is 7.24. The molecule has 1 aliphatic heterocycles. The molecular weight excluding hydrogens is 646 g/mol. The van der Waals surface area contributed by atoms with Gasteiger partial charge in [0, 0.05) is 30.3 Å². The molecule has 0 radical (unpaired) electrons. The van der Waals surface area contributed by atoms with Gasteiger partial charge in [-0.05, 0) is 74.8 Å². The largest absolute Gasteiger partial charge is 0.475 e. The minimum Gasteiger partial charge on any atom is -0.475 e. The van der Waals surface area contributed by atoms with Gasteiger partial charge < -0.3 is 14.5 Å². The fraction of sp³-hybridized carbons (Fsp3) is 0.417. The van der Waals surface area contributed by atoms with Crippen LogP contribution in [-0.4, -0.2) is 71.1 Å². The van der Waals surface area contributed by atoms with Crippen LogP contribution in [0, 0.1) is 19.8 Å². The van der Waals surface area contributed by atoms with Crippen molar-refractivity contribution in [2.24, 2.45) is 5.92 Å². The summed E-state index contributed by atoms with van der Waals surface area (Å²) in [5.74, 6) is 0.910. The van der Waals surface area contributed by atoms with Gasteiger partial charge in [-0.15, -0.1) is 0 Å². The Balaban J connectivity index is 1.29. The van der Waals surface area contributed by atoms with Gasteiger partial charge in [0.2, 0.25) is 11.8 Å². The van der Waals surface area contributed by atoms with Gasteiger partial charge in [0.15, 0.2) is 0 Å². The fourth-order valence-electron chi connectivity index (χ4n) is 6.58. The topological polar surface area (TPSA) is 131 Å². The van der Waals surface area contributed by atoms with Crippen molar-refractivity contribution in [3.8, 4) is 17.1 Å². The SMILES string of the molecule is Cc1cccc(C)c1-c1cc2nc(n1)NS(=O)(=O)c1cccc(c1)C(=O)N(Cc1cncc(N(C)C3CC(F)C3)n1)[C@H](CCC1CC1)CO2. The maximum atomic E-state index is 14.4. The first-order valence-corrected chi connectivity index (χ1v) is 18.2. The molecule has 11 nitrogen and oxygen atoms in total. The molecule has 0 spiro atoms. The Kier molecular flexibility index (Phi) is 8.95. The number of hydrogen-bond donors (Lipinski definition) is 1. The second-order valence-corrected chi connectivity index (χ2v) is 15.1. The summed E-state index contributed by atoms with van der Waals surface area (Å²) in [5, 5.41) is 0. The third-order valence-corrected chi connectivity index (χ3v) is 11.1. The first kappa shape index (κ1) is 32.9. The van der Waals surface area contributed by atoms with E-state index in [2.05, 4.69) is 19.7 Å². The number of carbonyl (C=O) groups is 1. The number of sulfonamides is 1. The highest BCUT2D eigenvalue weighted by atomic mass is 32.2. The number of carbonyl (C=O) groups excluding carboxylic acids is 1. The maximum absolute atomic E-state index is 14.4. The van der Waals surface area contributed by atoms with Gasteiger partial charge in [-0.1, -0.05) is 37.1 Å². The summed E-state index contributed by atoms with van der Waals surface area (Å²) in [7, 11) is -2.31. The van der Waals surface area contributed by atoms with E-state index in [4.69, 9.17) is 9.72 Å². The Hall–Kier alpha value is -4.65. The zero-order chi connectivity index (χ0) is 34.3.